The lowest BCUT2D eigenvalue weighted by atomic mass is 10.0. The van der Waals surface area contributed by atoms with Gasteiger partial charge in [0.05, 0.1) is 40.8 Å². The molecule has 174 valence electrons. The van der Waals surface area contributed by atoms with Crippen molar-refractivity contribution in [2.24, 2.45) is 0 Å². The summed E-state index contributed by atoms with van der Waals surface area (Å²) in [6.45, 7) is 0.662. The Kier molecular flexibility index (Phi) is 5.67. The standard InChI is InChI=1S/C27H23N5OS2/c1-33-19-13-11-18(12-14-19)17-32-25(24(30-26(32)34)21-8-4-5-15-28-21)22-9-6-16-31(22)27-29-20-7-2-3-10-23(20)35-27/h2-16,24-25H,17H2,1H3,(H,30,34)/t24-,25+/m0/s1. The van der Waals surface area contributed by atoms with E-state index in [1.54, 1.807) is 18.4 Å². The third kappa shape index (κ3) is 4.05. The number of methoxy groups -OCH3 is 1. The minimum Gasteiger partial charge on any atom is -0.497 e. The van der Waals surface area contributed by atoms with E-state index in [9.17, 15) is 0 Å². The fourth-order valence-electron chi connectivity index (χ4n) is 4.60. The van der Waals surface area contributed by atoms with Crippen LogP contribution >= 0.6 is 23.6 Å². The molecule has 4 heterocycles. The summed E-state index contributed by atoms with van der Waals surface area (Å²) >= 11 is 7.55. The number of pyridine rings is 1. The van der Waals surface area contributed by atoms with Crippen molar-refractivity contribution in [3.05, 3.63) is 108 Å². The molecular weight excluding hydrogens is 474 g/mol. The molecule has 0 aliphatic carbocycles. The van der Waals surface area contributed by atoms with E-state index in [-0.39, 0.29) is 12.1 Å². The molecule has 8 heteroatoms. The number of thiocarbonyl (C=S) groups is 1. The van der Waals surface area contributed by atoms with Gasteiger partial charge in [0.25, 0.3) is 0 Å². The molecule has 1 N–H and O–H groups in total. The molecule has 1 aliphatic rings. The molecule has 2 atom stereocenters. The summed E-state index contributed by atoms with van der Waals surface area (Å²) in [5.74, 6) is 0.837. The van der Waals surface area contributed by atoms with Gasteiger partial charge in [0.1, 0.15) is 5.75 Å². The predicted molar refractivity (Wildman–Crippen MR) is 143 cm³/mol. The summed E-state index contributed by atoms with van der Waals surface area (Å²) in [6.07, 6.45) is 3.91. The highest BCUT2D eigenvalue weighted by Crippen LogP contribution is 2.41. The van der Waals surface area contributed by atoms with Crippen LogP contribution < -0.4 is 10.1 Å². The lowest BCUT2D eigenvalue weighted by Gasteiger charge is -2.28. The van der Waals surface area contributed by atoms with Crippen LogP contribution in [0.3, 0.4) is 0 Å². The Morgan fingerprint density at radius 3 is 2.60 bits per heavy atom. The highest BCUT2D eigenvalue weighted by molar-refractivity contribution is 7.80. The summed E-state index contributed by atoms with van der Waals surface area (Å²) in [7, 11) is 1.68. The second-order valence-corrected chi connectivity index (χ2v) is 9.77. The van der Waals surface area contributed by atoms with Gasteiger partial charge in [-0.2, -0.15) is 0 Å². The van der Waals surface area contributed by atoms with E-state index in [0.717, 1.165) is 33.3 Å². The quantitative estimate of drug-likeness (QED) is 0.306. The van der Waals surface area contributed by atoms with Crippen molar-refractivity contribution < 1.29 is 4.74 Å². The van der Waals surface area contributed by atoms with Crippen molar-refractivity contribution in [2.75, 3.05) is 7.11 Å². The first kappa shape index (κ1) is 21.8. The molecule has 0 radical (unpaired) electrons. The minimum atomic E-state index is -0.0926. The average molecular weight is 498 g/mol. The first-order valence-electron chi connectivity index (χ1n) is 11.4. The fraction of sp³-hybridized carbons (Fsp3) is 0.148. The highest BCUT2D eigenvalue weighted by Gasteiger charge is 2.41. The highest BCUT2D eigenvalue weighted by atomic mass is 32.1. The Morgan fingerprint density at radius 1 is 1.00 bits per heavy atom. The Morgan fingerprint density at radius 2 is 1.83 bits per heavy atom. The Labute approximate surface area is 212 Å². The van der Waals surface area contributed by atoms with E-state index in [1.807, 2.05) is 42.6 Å². The number of hydrogen-bond donors (Lipinski definition) is 1. The Hall–Kier alpha value is -3.75. The molecule has 1 saturated heterocycles. The number of nitrogens with zero attached hydrogens (tertiary/aromatic N) is 4. The number of fused-ring (bicyclic) bond motifs is 1. The fourth-order valence-corrected chi connectivity index (χ4v) is 5.87. The minimum absolute atomic E-state index is 0.0680. The summed E-state index contributed by atoms with van der Waals surface area (Å²) in [5.41, 5.74) is 4.22. The van der Waals surface area contributed by atoms with E-state index in [1.165, 1.54) is 4.70 Å². The second-order valence-electron chi connectivity index (χ2n) is 8.37. The molecule has 1 fully saturated rings. The SMILES string of the molecule is COc1ccc(CN2C(=S)N[C@@H](c3ccccn3)[C@H]2c2cccn2-c2nc3ccccc3s2)cc1. The van der Waals surface area contributed by atoms with Crippen molar-refractivity contribution >= 4 is 38.9 Å². The number of para-hydroxylation sites is 1. The van der Waals surface area contributed by atoms with Crippen LogP contribution in [-0.4, -0.2) is 31.7 Å². The van der Waals surface area contributed by atoms with Crippen molar-refractivity contribution in [3.63, 3.8) is 0 Å². The average Bonchev–Trinajstić information content (AvgIpc) is 3.62. The number of rotatable bonds is 6. The van der Waals surface area contributed by atoms with Gasteiger partial charge in [-0.05, 0) is 66.3 Å². The van der Waals surface area contributed by atoms with Crippen LogP contribution in [0, 0.1) is 0 Å². The molecule has 0 bridgehead atoms. The van der Waals surface area contributed by atoms with E-state index in [2.05, 4.69) is 68.4 Å². The molecule has 2 aromatic carbocycles. The maximum atomic E-state index is 5.87. The monoisotopic (exact) mass is 497 g/mol. The van der Waals surface area contributed by atoms with E-state index in [0.29, 0.717) is 11.7 Å². The van der Waals surface area contributed by atoms with Crippen LogP contribution in [0.2, 0.25) is 0 Å². The van der Waals surface area contributed by atoms with Crippen molar-refractivity contribution in [1.29, 1.82) is 0 Å². The van der Waals surface area contributed by atoms with Gasteiger partial charge in [0.2, 0.25) is 0 Å². The zero-order valence-electron chi connectivity index (χ0n) is 19.0. The smallest absolute Gasteiger partial charge is 0.194 e. The van der Waals surface area contributed by atoms with Gasteiger partial charge in [-0.3, -0.25) is 9.55 Å². The second kappa shape index (κ2) is 9.13. The summed E-state index contributed by atoms with van der Waals surface area (Å²) in [5, 5.41) is 5.19. The van der Waals surface area contributed by atoms with Crippen molar-refractivity contribution in [2.45, 2.75) is 18.6 Å². The van der Waals surface area contributed by atoms with Gasteiger partial charge < -0.3 is 15.0 Å². The summed E-state index contributed by atoms with van der Waals surface area (Å²) < 4.78 is 8.68. The normalized spacial score (nSPS) is 17.6. The topological polar surface area (TPSA) is 55.2 Å². The first-order valence-corrected chi connectivity index (χ1v) is 12.6. The lowest BCUT2D eigenvalue weighted by molar-refractivity contribution is 0.302. The number of thiazole rings is 1. The van der Waals surface area contributed by atoms with Gasteiger partial charge in [0, 0.05) is 18.9 Å². The van der Waals surface area contributed by atoms with Crippen LogP contribution in [0.25, 0.3) is 15.3 Å². The van der Waals surface area contributed by atoms with E-state index in [4.69, 9.17) is 21.9 Å². The van der Waals surface area contributed by atoms with Gasteiger partial charge >= 0.3 is 0 Å². The van der Waals surface area contributed by atoms with Crippen LogP contribution in [0.15, 0.2) is 91.3 Å². The van der Waals surface area contributed by atoms with Crippen LogP contribution in [0.5, 0.6) is 5.75 Å². The third-order valence-electron chi connectivity index (χ3n) is 6.28. The zero-order valence-corrected chi connectivity index (χ0v) is 20.7. The van der Waals surface area contributed by atoms with Gasteiger partial charge in [0.15, 0.2) is 10.2 Å². The molecule has 5 aromatic rings. The van der Waals surface area contributed by atoms with Crippen molar-refractivity contribution in [1.82, 2.24) is 24.8 Å². The predicted octanol–water partition coefficient (Wildman–Crippen LogP) is 5.66. The molecule has 0 amide bonds. The number of aromatic nitrogens is 3. The summed E-state index contributed by atoms with van der Waals surface area (Å²) in [6, 6.07) is 26.4. The number of ether oxygens (including phenoxy) is 1. The molecular formula is C27H23N5OS2. The van der Waals surface area contributed by atoms with Crippen molar-refractivity contribution in [3.8, 4) is 10.9 Å². The van der Waals surface area contributed by atoms with Crippen LogP contribution in [0.4, 0.5) is 0 Å². The maximum Gasteiger partial charge on any atom is 0.194 e. The Balaban J connectivity index is 1.43. The molecule has 35 heavy (non-hydrogen) atoms. The van der Waals surface area contributed by atoms with Gasteiger partial charge in [-0.25, -0.2) is 4.98 Å². The molecule has 0 saturated carbocycles. The molecule has 3 aromatic heterocycles. The van der Waals surface area contributed by atoms with Gasteiger partial charge in [-0.1, -0.05) is 41.7 Å². The van der Waals surface area contributed by atoms with E-state index >= 15 is 0 Å². The Bertz CT molecular complexity index is 1450. The zero-order chi connectivity index (χ0) is 23.8. The molecule has 1 aliphatic heterocycles. The molecule has 0 unspecified atom stereocenters. The largest absolute Gasteiger partial charge is 0.497 e. The summed E-state index contributed by atoms with van der Waals surface area (Å²) in [4.78, 5) is 11.8. The number of nitrogens with one attached hydrogen (secondary N) is 1. The van der Waals surface area contributed by atoms with E-state index < -0.39 is 0 Å². The first-order chi connectivity index (χ1) is 17.2. The third-order valence-corrected chi connectivity index (χ3v) is 7.67. The lowest BCUT2D eigenvalue weighted by Crippen LogP contribution is -2.30. The van der Waals surface area contributed by atoms with Gasteiger partial charge in [-0.15, -0.1) is 0 Å². The molecule has 6 rings (SSSR count). The maximum absolute atomic E-state index is 5.87. The van der Waals surface area contributed by atoms with Crippen LogP contribution in [0.1, 0.15) is 29.0 Å². The molecule has 6 nitrogen and oxygen atoms in total. The van der Waals surface area contributed by atoms with Crippen LogP contribution in [-0.2, 0) is 6.54 Å². The molecule has 0 spiro atoms. The number of benzene rings is 2. The number of hydrogen-bond acceptors (Lipinski definition) is 5.